The second-order valence-electron chi connectivity index (χ2n) is 5.27. The fraction of sp³-hybridized carbons (Fsp3) is 0.533. The molecule has 1 aliphatic heterocycles. The Bertz CT molecular complexity index is 470. The van der Waals surface area contributed by atoms with Gasteiger partial charge in [0.1, 0.15) is 0 Å². The minimum absolute atomic E-state index is 0.442. The predicted molar refractivity (Wildman–Crippen MR) is 83.5 cm³/mol. The van der Waals surface area contributed by atoms with Crippen molar-refractivity contribution >= 4 is 23.2 Å². The number of nitrogens with two attached hydrogens (primary N) is 1. The zero-order valence-electron chi connectivity index (χ0n) is 11.9. The molecule has 0 bridgehead atoms. The first kappa shape index (κ1) is 15.1. The predicted octanol–water partition coefficient (Wildman–Crippen LogP) is 2.26. The van der Waals surface area contributed by atoms with E-state index in [2.05, 4.69) is 17.1 Å². The highest BCUT2D eigenvalue weighted by molar-refractivity contribution is 6.33. The molecule has 1 fully saturated rings. The van der Waals surface area contributed by atoms with Crippen molar-refractivity contribution in [1.82, 2.24) is 5.32 Å². The molecule has 0 aliphatic carbocycles. The lowest BCUT2D eigenvalue weighted by molar-refractivity contribution is 0.100. The van der Waals surface area contributed by atoms with Gasteiger partial charge >= 0.3 is 0 Å². The first-order valence-electron chi connectivity index (χ1n) is 7.16. The highest BCUT2D eigenvalue weighted by atomic mass is 35.5. The lowest BCUT2D eigenvalue weighted by Crippen LogP contribution is -2.37. The second-order valence-corrected chi connectivity index (χ2v) is 5.68. The van der Waals surface area contributed by atoms with E-state index in [1.807, 2.05) is 6.07 Å². The SMILES string of the molecule is CCNCC1CCN(c2ccc(C(N)=O)cc2Cl)CC1. The number of anilines is 1. The summed E-state index contributed by atoms with van der Waals surface area (Å²) in [5, 5.41) is 4.01. The number of rotatable bonds is 5. The van der Waals surface area contributed by atoms with Crippen molar-refractivity contribution in [1.29, 1.82) is 0 Å². The smallest absolute Gasteiger partial charge is 0.248 e. The third kappa shape index (κ3) is 3.64. The average Bonchev–Trinajstić information content (AvgIpc) is 2.45. The van der Waals surface area contributed by atoms with E-state index >= 15 is 0 Å². The Hall–Kier alpha value is -1.26. The molecule has 0 radical (unpaired) electrons. The molecule has 1 saturated heterocycles. The average molecular weight is 296 g/mol. The summed E-state index contributed by atoms with van der Waals surface area (Å²) in [5.41, 5.74) is 6.72. The number of benzene rings is 1. The van der Waals surface area contributed by atoms with Crippen LogP contribution in [-0.4, -0.2) is 32.1 Å². The Morgan fingerprint density at radius 2 is 2.15 bits per heavy atom. The van der Waals surface area contributed by atoms with Crippen LogP contribution in [0.25, 0.3) is 0 Å². The molecular weight excluding hydrogens is 274 g/mol. The van der Waals surface area contributed by atoms with Gasteiger partial charge in [0.05, 0.1) is 10.7 Å². The quantitative estimate of drug-likeness (QED) is 0.876. The first-order valence-corrected chi connectivity index (χ1v) is 7.54. The molecule has 0 spiro atoms. The summed E-state index contributed by atoms with van der Waals surface area (Å²) in [6.45, 7) is 6.27. The Morgan fingerprint density at radius 1 is 1.45 bits per heavy atom. The largest absolute Gasteiger partial charge is 0.370 e. The van der Waals surface area contributed by atoms with Gasteiger partial charge in [-0.25, -0.2) is 0 Å². The number of primary amides is 1. The summed E-state index contributed by atoms with van der Waals surface area (Å²) >= 11 is 6.27. The fourth-order valence-corrected chi connectivity index (χ4v) is 2.94. The number of carbonyl (C=O) groups is 1. The molecular formula is C15H22ClN3O. The number of nitrogens with one attached hydrogen (secondary N) is 1. The molecule has 0 unspecified atom stereocenters. The zero-order valence-corrected chi connectivity index (χ0v) is 12.6. The maximum absolute atomic E-state index is 11.1. The summed E-state index contributed by atoms with van der Waals surface area (Å²) in [7, 11) is 0. The first-order chi connectivity index (χ1) is 9.61. The molecule has 1 heterocycles. The summed E-state index contributed by atoms with van der Waals surface area (Å²) in [5.74, 6) is 0.303. The summed E-state index contributed by atoms with van der Waals surface area (Å²) < 4.78 is 0. The van der Waals surface area contributed by atoms with Crippen LogP contribution in [0.15, 0.2) is 18.2 Å². The zero-order chi connectivity index (χ0) is 14.5. The highest BCUT2D eigenvalue weighted by Crippen LogP contribution is 2.30. The van der Waals surface area contributed by atoms with Gasteiger partial charge in [-0.2, -0.15) is 0 Å². The normalized spacial score (nSPS) is 16.4. The van der Waals surface area contributed by atoms with Crippen LogP contribution >= 0.6 is 11.6 Å². The molecule has 1 aromatic rings. The fourth-order valence-electron chi connectivity index (χ4n) is 2.64. The Morgan fingerprint density at radius 3 is 2.70 bits per heavy atom. The van der Waals surface area contributed by atoms with E-state index in [1.165, 1.54) is 12.8 Å². The van der Waals surface area contributed by atoms with Gasteiger partial charge in [-0.15, -0.1) is 0 Å². The maximum Gasteiger partial charge on any atom is 0.248 e. The van der Waals surface area contributed by atoms with E-state index in [9.17, 15) is 4.79 Å². The van der Waals surface area contributed by atoms with Crippen LogP contribution in [0.3, 0.4) is 0 Å². The lowest BCUT2D eigenvalue weighted by atomic mass is 9.96. The van der Waals surface area contributed by atoms with Gasteiger partial charge in [0.25, 0.3) is 0 Å². The highest BCUT2D eigenvalue weighted by Gasteiger charge is 2.20. The second kappa shape index (κ2) is 6.95. The van der Waals surface area contributed by atoms with Gasteiger partial charge < -0.3 is 16.0 Å². The number of halogens is 1. The molecule has 2 rings (SSSR count). The van der Waals surface area contributed by atoms with E-state index in [4.69, 9.17) is 17.3 Å². The van der Waals surface area contributed by atoms with Crippen molar-refractivity contribution in [3.8, 4) is 0 Å². The van der Waals surface area contributed by atoms with Crippen LogP contribution in [0.5, 0.6) is 0 Å². The molecule has 0 saturated carbocycles. The van der Waals surface area contributed by atoms with Crippen LogP contribution in [0.4, 0.5) is 5.69 Å². The van der Waals surface area contributed by atoms with Gasteiger partial charge in [-0.1, -0.05) is 18.5 Å². The minimum atomic E-state index is -0.442. The standard InChI is InChI=1S/C15H22ClN3O/c1-2-18-10-11-5-7-19(8-6-11)14-4-3-12(15(17)20)9-13(14)16/h3-4,9,11,18H,2,5-8,10H2,1H3,(H2,17,20). The molecule has 1 amide bonds. The maximum atomic E-state index is 11.1. The van der Waals surface area contributed by atoms with E-state index in [-0.39, 0.29) is 0 Å². The summed E-state index contributed by atoms with van der Waals surface area (Å²) in [6.07, 6.45) is 2.34. The van der Waals surface area contributed by atoms with Gasteiger partial charge in [-0.3, -0.25) is 4.79 Å². The third-order valence-corrected chi connectivity index (χ3v) is 4.17. The molecule has 5 heteroatoms. The molecule has 20 heavy (non-hydrogen) atoms. The number of hydrogen-bond acceptors (Lipinski definition) is 3. The minimum Gasteiger partial charge on any atom is -0.370 e. The monoisotopic (exact) mass is 295 g/mol. The topological polar surface area (TPSA) is 58.4 Å². The number of piperidine rings is 1. The summed E-state index contributed by atoms with van der Waals surface area (Å²) in [6, 6.07) is 5.30. The van der Waals surface area contributed by atoms with Crippen LogP contribution in [-0.2, 0) is 0 Å². The van der Waals surface area contributed by atoms with E-state index < -0.39 is 5.91 Å². The molecule has 1 aliphatic rings. The number of amides is 1. The molecule has 4 nitrogen and oxygen atoms in total. The van der Waals surface area contributed by atoms with Crippen LogP contribution < -0.4 is 16.0 Å². The number of carbonyl (C=O) groups excluding carboxylic acids is 1. The molecule has 0 aromatic heterocycles. The van der Waals surface area contributed by atoms with E-state index in [1.54, 1.807) is 12.1 Å². The van der Waals surface area contributed by atoms with Crippen LogP contribution in [0, 0.1) is 5.92 Å². The van der Waals surface area contributed by atoms with E-state index in [0.717, 1.165) is 37.8 Å². The lowest BCUT2D eigenvalue weighted by Gasteiger charge is -2.34. The molecule has 110 valence electrons. The third-order valence-electron chi connectivity index (χ3n) is 3.87. The van der Waals surface area contributed by atoms with Crippen LogP contribution in [0.2, 0.25) is 5.02 Å². The Balaban J connectivity index is 1.98. The van der Waals surface area contributed by atoms with Gasteiger partial charge in [0, 0.05) is 18.7 Å². The molecule has 3 N–H and O–H groups in total. The Labute approximate surface area is 125 Å². The number of nitrogens with zero attached hydrogens (tertiary/aromatic N) is 1. The molecule has 1 aromatic carbocycles. The van der Waals surface area contributed by atoms with Gasteiger partial charge in [0.2, 0.25) is 5.91 Å². The van der Waals surface area contributed by atoms with Gasteiger partial charge in [-0.05, 0) is 50.0 Å². The number of hydrogen-bond donors (Lipinski definition) is 2. The van der Waals surface area contributed by atoms with Gasteiger partial charge in [0.15, 0.2) is 0 Å². The molecule has 0 atom stereocenters. The van der Waals surface area contributed by atoms with Crippen molar-refractivity contribution in [3.05, 3.63) is 28.8 Å². The Kier molecular flexibility index (Phi) is 5.26. The van der Waals surface area contributed by atoms with Crippen molar-refractivity contribution in [2.75, 3.05) is 31.1 Å². The summed E-state index contributed by atoms with van der Waals surface area (Å²) in [4.78, 5) is 13.4. The van der Waals surface area contributed by atoms with E-state index in [0.29, 0.717) is 10.6 Å². The van der Waals surface area contributed by atoms with Crippen molar-refractivity contribution in [2.45, 2.75) is 19.8 Å². The van der Waals surface area contributed by atoms with Crippen molar-refractivity contribution in [2.24, 2.45) is 11.7 Å². The van der Waals surface area contributed by atoms with Crippen molar-refractivity contribution < 1.29 is 4.79 Å². The van der Waals surface area contributed by atoms with Crippen molar-refractivity contribution in [3.63, 3.8) is 0 Å². The van der Waals surface area contributed by atoms with Crippen LogP contribution in [0.1, 0.15) is 30.1 Å².